The molecule has 0 radical (unpaired) electrons. The van der Waals surface area contributed by atoms with Crippen LogP contribution in [-0.4, -0.2) is 23.7 Å². The molecule has 106 valence electrons. The van der Waals surface area contributed by atoms with Gasteiger partial charge in [-0.05, 0) is 68.5 Å². The van der Waals surface area contributed by atoms with Gasteiger partial charge in [-0.25, -0.2) is 0 Å². The zero-order valence-corrected chi connectivity index (χ0v) is 12.6. The van der Waals surface area contributed by atoms with E-state index < -0.39 is 5.97 Å². The molecule has 2 N–H and O–H groups in total. The average molecular weight is 263 g/mol. The number of carboxylic acid groups (broad SMARTS) is 1. The Kier molecular flexibility index (Phi) is 5.55. The summed E-state index contributed by atoms with van der Waals surface area (Å²) >= 11 is 0. The van der Waals surface area contributed by atoms with Crippen LogP contribution in [0.1, 0.15) is 41.2 Å². The fourth-order valence-electron chi connectivity index (χ4n) is 2.57. The Morgan fingerprint density at radius 3 is 2.16 bits per heavy atom. The van der Waals surface area contributed by atoms with E-state index in [0.717, 1.165) is 13.0 Å². The summed E-state index contributed by atoms with van der Waals surface area (Å²) < 4.78 is 0. The number of rotatable bonds is 6. The molecule has 0 spiro atoms. The van der Waals surface area contributed by atoms with Crippen LogP contribution in [-0.2, 0) is 11.2 Å². The van der Waals surface area contributed by atoms with Crippen molar-refractivity contribution in [2.45, 2.75) is 53.5 Å². The summed E-state index contributed by atoms with van der Waals surface area (Å²) in [7, 11) is 0. The first-order valence-corrected chi connectivity index (χ1v) is 6.88. The van der Waals surface area contributed by atoms with Crippen LogP contribution in [0.15, 0.2) is 6.07 Å². The minimum atomic E-state index is -0.745. The van der Waals surface area contributed by atoms with E-state index in [1.807, 2.05) is 6.92 Å². The van der Waals surface area contributed by atoms with Crippen LogP contribution < -0.4 is 5.32 Å². The molecule has 1 aromatic rings. The molecule has 1 atom stereocenters. The first-order valence-electron chi connectivity index (χ1n) is 6.88. The molecule has 0 aliphatic carbocycles. The van der Waals surface area contributed by atoms with Gasteiger partial charge in [0, 0.05) is 6.04 Å². The first-order chi connectivity index (χ1) is 8.86. The lowest BCUT2D eigenvalue weighted by Crippen LogP contribution is -2.33. The van der Waals surface area contributed by atoms with Crippen LogP contribution in [0, 0.1) is 27.7 Å². The summed E-state index contributed by atoms with van der Waals surface area (Å²) in [5.74, 6) is -0.745. The van der Waals surface area contributed by atoms with Crippen LogP contribution in [0.2, 0.25) is 0 Å². The highest BCUT2D eigenvalue weighted by Crippen LogP contribution is 2.23. The Hall–Kier alpha value is -1.35. The molecule has 0 aromatic heterocycles. The summed E-state index contributed by atoms with van der Waals surface area (Å²) in [4.78, 5) is 10.9. The largest absolute Gasteiger partial charge is 0.481 e. The molecule has 1 aromatic carbocycles. The van der Waals surface area contributed by atoms with Crippen molar-refractivity contribution in [1.82, 2.24) is 5.32 Å². The number of benzene rings is 1. The summed E-state index contributed by atoms with van der Waals surface area (Å²) in [5.41, 5.74) is 6.44. The predicted octanol–water partition coefficient (Wildman–Crippen LogP) is 2.92. The maximum atomic E-state index is 10.9. The SMILES string of the molecule is CCNC(CC(=O)O)Cc1c(C)c(C)cc(C)c1C. The third-order valence-electron chi connectivity index (χ3n) is 3.89. The van der Waals surface area contributed by atoms with E-state index in [0.29, 0.717) is 0 Å². The van der Waals surface area contributed by atoms with Crippen molar-refractivity contribution in [2.75, 3.05) is 6.54 Å². The summed E-state index contributed by atoms with van der Waals surface area (Å²) in [6.07, 6.45) is 0.944. The maximum Gasteiger partial charge on any atom is 0.304 e. The third-order valence-corrected chi connectivity index (χ3v) is 3.89. The van der Waals surface area contributed by atoms with Crippen molar-refractivity contribution in [3.63, 3.8) is 0 Å². The number of likely N-dealkylation sites (N-methyl/N-ethyl adjacent to an activating group) is 1. The molecule has 0 aliphatic heterocycles. The average Bonchev–Trinajstić information content (AvgIpc) is 2.31. The van der Waals surface area contributed by atoms with Gasteiger partial charge in [-0.3, -0.25) is 4.79 Å². The van der Waals surface area contributed by atoms with Gasteiger partial charge in [-0.1, -0.05) is 13.0 Å². The van der Waals surface area contributed by atoms with Crippen molar-refractivity contribution in [3.05, 3.63) is 33.9 Å². The third kappa shape index (κ3) is 4.06. The van der Waals surface area contributed by atoms with Gasteiger partial charge in [-0.15, -0.1) is 0 Å². The van der Waals surface area contributed by atoms with Crippen molar-refractivity contribution in [3.8, 4) is 0 Å². The number of nitrogens with one attached hydrogen (secondary N) is 1. The lowest BCUT2D eigenvalue weighted by Gasteiger charge is -2.21. The Bertz CT molecular complexity index is 440. The predicted molar refractivity (Wildman–Crippen MR) is 78.8 cm³/mol. The van der Waals surface area contributed by atoms with E-state index in [1.54, 1.807) is 0 Å². The molecule has 0 heterocycles. The molecule has 3 heteroatoms. The second-order valence-electron chi connectivity index (χ2n) is 5.30. The van der Waals surface area contributed by atoms with E-state index in [2.05, 4.69) is 39.1 Å². The van der Waals surface area contributed by atoms with Crippen molar-refractivity contribution in [1.29, 1.82) is 0 Å². The highest BCUT2D eigenvalue weighted by molar-refractivity contribution is 5.67. The van der Waals surface area contributed by atoms with Gasteiger partial charge >= 0.3 is 5.97 Å². The standard InChI is InChI=1S/C16H25NO2/c1-6-17-14(9-16(18)19)8-15-12(4)10(2)7-11(3)13(15)5/h7,14,17H,6,8-9H2,1-5H3,(H,18,19). The number of aliphatic carboxylic acids is 1. The number of aryl methyl sites for hydroxylation is 2. The summed E-state index contributed by atoms with van der Waals surface area (Å²) in [5, 5.41) is 12.3. The van der Waals surface area contributed by atoms with Crippen LogP contribution in [0.3, 0.4) is 0 Å². The topological polar surface area (TPSA) is 49.3 Å². The molecule has 19 heavy (non-hydrogen) atoms. The van der Waals surface area contributed by atoms with E-state index in [1.165, 1.54) is 27.8 Å². The Balaban J connectivity index is 3.04. The lowest BCUT2D eigenvalue weighted by atomic mass is 9.89. The van der Waals surface area contributed by atoms with E-state index in [4.69, 9.17) is 5.11 Å². The minimum Gasteiger partial charge on any atom is -0.481 e. The lowest BCUT2D eigenvalue weighted by molar-refractivity contribution is -0.137. The van der Waals surface area contributed by atoms with Gasteiger partial charge in [0.25, 0.3) is 0 Å². The molecule has 0 fully saturated rings. The van der Waals surface area contributed by atoms with Gasteiger partial charge in [-0.2, -0.15) is 0 Å². The Morgan fingerprint density at radius 2 is 1.74 bits per heavy atom. The molecule has 1 rings (SSSR count). The highest BCUT2D eigenvalue weighted by Gasteiger charge is 2.16. The van der Waals surface area contributed by atoms with Crippen LogP contribution in [0.25, 0.3) is 0 Å². The van der Waals surface area contributed by atoms with Crippen molar-refractivity contribution < 1.29 is 9.90 Å². The van der Waals surface area contributed by atoms with Gasteiger partial charge in [0.05, 0.1) is 6.42 Å². The van der Waals surface area contributed by atoms with Crippen molar-refractivity contribution >= 4 is 5.97 Å². The van der Waals surface area contributed by atoms with E-state index in [9.17, 15) is 4.79 Å². The molecule has 0 bridgehead atoms. The fraction of sp³-hybridized carbons (Fsp3) is 0.562. The van der Waals surface area contributed by atoms with Gasteiger partial charge in [0.2, 0.25) is 0 Å². The Labute approximate surface area is 116 Å². The van der Waals surface area contributed by atoms with Gasteiger partial charge in [0.1, 0.15) is 0 Å². The second kappa shape index (κ2) is 6.71. The number of carboxylic acids is 1. The number of carbonyl (C=O) groups is 1. The summed E-state index contributed by atoms with van der Waals surface area (Å²) in [6, 6.07) is 2.20. The Morgan fingerprint density at radius 1 is 1.21 bits per heavy atom. The zero-order chi connectivity index (χ0) is 14.6. The highest BCUT2D eigenvalue weighted by atomic mass is 16.4. The van der Waals surface area contributed by atoms with Crippen LogP contribution in [0.4, 0.5) is 0 Å². The molecular formula is C16H25NO2. The molecule has 0 saturated heterocycles. The first kappa shape index (κ1) is 15.7. The molecular weight excluding hydrogens is 238 g/mol. The molecule has 0 saturated carbocycles. The van der Waals surface area contributed by atoms with Gasteiger partial charge < -0.3 is 10.4 Å². The van der Waals surface area contributed by atoms with E-state index >= 15 is 0 Å². The quantitative estimate of drug-likeness (QED) is 0.829. The smallest absolute Gasteiger partial charge is 0.304 e. The summed E-state index contributed by atoms with van der Waals surface area (Å²) in [6.45, 7) is 11.3. The molecule has 3 nitrogen and oxygen atoms in total. The molecule has 0 aliphatic rings. The minimum absolute atomic E-state index is 0.00102. The van der Waals surface area contributed by atoms with Crippen molar-refractivity contribution in [2.24, 2.45) is 0 Å². The van der Waals surface area contributed by atoms with Crippen LogP contribution in [0.5, 0.6) is 0 Å². The normalized spacial score (nSPS) is 12.5. The molecule has 0 amide bonds. The number of hydrogen-bond acceptors (Lipinski definition) is 2. The monoisotopic (exact) mass is 263 g/mol. The molecule has 1 unspecified atom stereocenters. The maximum absolute atomic E-state index is 10.9. The van der Waals surface area contributed by atoms with Crippen LogP contribution >= 0.6 is 0 Å². The van der Waals surface area contributed by atoms with E-state index in [-0.39, 0.29) is 12.5 Å². The fourth-order valence-corrected chi connectivity index (χ4v) is 2.57. The number of hydrogen-bond donors (Lipinski definition) is 2. The van der Waals surface area contributed by atoms with Gasteiger partial charge in [0.15, 0.2) is 0 Å². The zero-order valence-electron chi connectivity index (χ0n) is 12.6. The second-order valence-corrected chi connectivity index (χ2v) is 5.30.